The number of methoxy groups -OCH3 is 2. The minimum absolute atomic E-state index is 0.0406. The van der Waals surface area contributed by atoms with Gasteiger partial charge < -0.3 is 19.5 Å². The molecule has 2 rings (SSSR count). The van der Waals surface area contributed by atoms with Crippen molar-refractivity contribution in [1.82, 2.24) is 4.90 Å². The van der Waals surface area contributed by atoms with Crippen LogP contribution in [0, 0.1) is 5.92 Å². The molecule has 5 heteroatoms. The molecule has 20 heavy (non-hydrogen) atoms. The topological polar surface area (TPSA) is 59.0 Å². The second-order valence-electron chi connectivity index (χ2n) is 4.98. The van der Waals surface area contributed by atoms with Gasteiger partial charge in [0.25, 0.3) is 5.91 Å². The maximum atomic E-state index is 12.6. The van der Waals surface area contributed by atoms with Crippen LogP contribution in [0.2, 0.25) is 0 Å². The Balaban J connectivity index is 2.16. The molecule has 1 fully saturated rings. The van der Waals surface area contributed by atoms with Gasteiger partial charge in [0.05, 0.1) is 19.8 Å². The predicted molar refractivity (Wildman–Crippen MR) is 75.3 cm³/mol. The summed E-state index contributed by atoms with van der Waals surface area (Å²) in [5.74, 6) is 1.54. The number of hydrogen-bond acceptors (Lipinski definition) is 4. The quantitative estimate of drug-likeness (QED) is 0.888. The largest absolute Gasteiger partial charge is 0.497 e. The van der Waals surface area contributed by atoms with Crippen molar-refractivity contribution >= 4 is 5.91 Å². The van der Waals surface area contributed by atoms with Crippen LogP contribution in [-0.2, 0) is 0 Å². The van der Waals surface area contributed by atoms with E-state index in [4.69, 9.17) is 14.6 Å². The molecule has 5 nitrogen and oxygen atoms in total. The second-order valence-corrected chi connectivity index (χ2v) is 4.98. The number of likely N-dealkylation sites (tertiary alicyclic amines) is 1. The number of nitrogens with zero attached hydrogens (tertiary/aromatic N) is 1. The maximum absolute atomic E-state index is 12.6. The van der Waals surface area contributed by atoms with E-state index in [-0.39, 0.29) is 12.5 Å². The number of aliphatic hydroxyl groups excluding tert-OH is 1. The van der Waals surface area contributed by atoms with Gasteiger partial charge in [0.15, 0.2) is 0 Å². The van der Waals surface area contributed by atoms with E-state index in [0.29, 0.717) is 29.5 Å². The van der Waals surface area contributed by atoms with E-state index in [2.05, 4.69) is 0 Å². The SMILES string of the molecule is COc1ccc(OC)c(C(=O)N2CCC(CCO)C2)c1. The van der Waals surface area contributed by atoms with Crippen molar-refractivity contribution in [1.29, 1.82) is 0 Å². The highest BCUT2D eigenvalue weighted by atomic mass is 16.5. The Morgan fingerprint density at radius 3 is 2.85 bits per heavy atom. The van der Waals surface area contributed by atoms with Gasteiger partial charge in [-0.2, -0.15) is 0 Å². The van der Waals surface area contributed by atoms with E-state index in [1.807, 2.05) is 4.90 Å². The minimum Gasteiger partial charge on any atom is -0.497 e. The van der Waals surface area contributed by atoms with Crippen molar-refractivity contribution in [3.8, 4) is 11.5 Å². The predicted octanol–water partition coefficient (Wildman–Crippen LogP) is 1.55. The number of carbonyl (C=O) groups is 1. The molecular weight excluding hydrogens is 258 g/mol. The zero-order valence-corrected chi connectivity index (χ0v) is 12.0. The first-order chi connectivity index (χ1) is 9.69. The fraction of sp³-hybridized carbons (Fsp3) is 0.533. The van der Waals surface area contributed by atoms with Crippen molar-refractivity contribution < 1.29 is 19.4 Å². The molecule has 1 saturated heterocycles. The Morgan fingerprint density at radius 2 is 2.20 bits per heavy atom. The van der Waals surface area contributed by atoms with Gasteiger partial charge in [0.2, 0.25) is 0 Å². The summed E-state index contributed by atoms with van der Waals surface area (Å²) in [5, 5.41) is 8.98. The smallest absolute Gasteiger partial charge is 0.257 e. The van der Waals surface area contributed by atoms with Gasteiger partial charge in [-0.15, -0.1) is 0 Å². The number of hydrogen-bond donors (Lipinski definition) is 1. The van der Waals surface area contributed by atoms with Gasteiger partial charge in [0.1, 0.15) is 11.5 Å². The number of aliphatic hydroxyl groups is 1. The third kappa shape index (κ3) is 3.04. The van der Waals surface area contributed by atoms with Crippen LogP contribution in [-0.4, -0.2) is 49.8 Å². The van der Waals surface area contributed by atoms with Crippen LogP contribution in [0.15, 0.2) is 18.2 Å². The molecule has 1 aliphatic rings. The zero-order valence-electron chi connectivity index (χ0n) is 12.0. The molecular formula is C15H21NO4. The van der Waals surface area contributed by atoms with E-state index < -0.39 is 0 Å². The average Bonchev–Trinajstić information content (AvgIpc) is 2.94. The lowest BCUT2D eigenvalue weighted by molar-refractivity contribution is 0.0781. The van der Waals surface area contributed by atoms with E-state index in [1.54, 1.807) is 32.4 Å². The second kappa shape index (κ2) is 6.61. The zero-order chi connectivity index (χ0) is 14.5. The number of benzene rings is 1. The molecule has 110 valence electrons. The molecule has 0 bridgehead atoms. The van der Waals surface area contributed by atoms with Gasteiger partial charge in [-0.1, -0.05) is 0 Å². The standard InChI is InChI=1S/C15H21NO4/c1-19-12-3-4-14(20-2)13(9-12)15(18)16-7-5-11(10-16)6-8-17/h3-4,9,11,17H,5-8,10H2,1-2H3. The average molecular weight is 279 g/mol. The molecule has 1 unspecified atom stereocenters. The lowest BCUT2D eigenvalue weighted by Gasteiger charge is -2.18. The Kier molecular flexibility index (Phi) is 4.84. The number of ether oxygens (including phenoxy) is 2. The van der Waals surface area contributed by atoms with Crippen molar-refractivity contribution in [3.63, 3.8) is 0 Å². The molecule has 1 N–H and O–H groups in total. The van der Waals surface area contributed by atoms with Crippen LogP contribution in [0.3, 0.4) is 0 Å². The van der Waals surface area contributed by atoms with Gasteiger partial charge in [0, 0.05) is 19.7 Å². The summed E-state index contributed by atoms with van der Waals surface area (Å²) < 4.78 is 10.4. The maximum Gasteiger partial charge on any atom is 0.257 e. The third-order valence-electron chi connectivity index (χ3n) is 3.75. The molecule has 0 aromatic heterocycles. The number of rotatable bonds is 5. The first-order valence-electron chi connectivity index (χ1n) is 6.81. The summed E-state index contributed by atoms with van der Waals surface area (Å²) >= 11 is 0. The molecule has 1 aliphatic heterocycles. The van der Waals surface area contributed by atoms with Crippen LogP contribution in [0.5, 0.6) is 11.5 Å². The summed E-state index contributed by atoms with van der Waals surface area (Å²) in [7, 11) is 3.13. The minimum atomic E-state index is -0.0406. The Morgan fingerprint density at radius 1 is 1.40 bits per heavy atom. The van der Waals surface area contributed by atoms with Crippen molar-refractivity contribution in [2.24, 2.45) is 5.92 Å². The molecule has 1 heterocycles. The fourth-order valence-corrected chi connectivity index (χ4v) is 2.59. The molecule has 1 aromatic rings. The molecule has 0 spiro atoms. The van der Waals surface area contributed by atoms with E-state index in [9.17, 15) is 4.79 Å². The summed E-state index contributed by atoms with van der Waals surface area (Å²) in [6.45, 7) is 1.60. The Labute approximate surface area is 119 Å². The first kappa shape index (κ1) is 14.7. The van der Waals surface area contributed by atoms with Gasteiger partial charge in [-0.3, -0.25) is 4.79 Å². The lowest BCUT2D eigenvalue weighted by atomic mass is 10.1. The van der Waals surface area contributed by atoms with Crippen LogP contribution >= 0.6 is 0 Å². The summed E-state index contributed by atoms with van der Waals surface area (Å²) in [6.07, 6.45) is 1.69. The molecule has 1 amide bonds. The molecule has 1 atom stereocenters. The molecule has 0 radical (unpaired) electrons. The highest BCUT2D eigenvalue weighted by Crippen LogP contribution is 2.28. The van der Waals surface area contributed by atoms with Gasteiger partial charge in [-0.05, 0) is 37.0 Å². The van der Waals surface area contributed by atoms with E-state index in [0.717, 1.165) is 19.4 Å². The van der Waals surface area contributed by atoms with Crippen molar-refractivity contribution in [2.75, 3.05) is 33.9 Å². The van der Waals surface area contributed by atoms with Gasteiger partial charge in [-0.25, -0.2) is 0 Å². The summed E-state index contributed by atoms with van der Waals surface area (Å²) in [5.41, 5.74) is 0.525. The van der Waals surface area contributed by atoms with Crippen LogP contribution in [0.4, 0.5) is 0 Å². The number of carbonyl (C=O) groups excluding carboxylic acids is 1. The normalized spacial score (nSPS) is 18.1. The van der Waals surface area contributed by atoms with Gasteiger partial charge >= 0.3 is 0 Å². The molecule has 0 aliphatic carbocycles. The van der Waals surface area contributed by atoms with Crippen LogP contribution in [0.1, 0.15) is 23.2 Å². The summed E-state index contributed by atoms with van der Waals surface area (Å²) in [6, 6.07) is 5.22. The number of amides is 1. The monoisotopic (exact) mass is 279 g/mol. The van der Waals surface area contributed by atoms with Crippen molar-refractivity contribution in [3.05, 3.63) is 23.8 Å². The molecule has 0 saturated carbocycles. The van der Waals surface area contributed by atoms with Crippen molar-refractivity contribution in [2.45, 2.75) is 12.8 Å². The summed E-state index contributed by atoms with van der Waals surface area (Å²) in [4.78, 5) is 14.4. The lowest BCUT2D eigenvalue weighted by Crippen LogP contribution is -2.29. The van der Waals surface area contributed by atoms with E-state index >= 15 is 0 Å². The third-order valence-corrected chi connectivity index (χ3v) is 3.75. The van der Waals surface area contributed by atoms with E-state index in [1.165, 1.54) is 0 Å². The fourth-order valence-electron chi connectivity index (χ4n) is 2.59. The Bertz CT molecular complexity index is 475. The first-order valence-corrected chi connectivity index (χ1v) is 6.81. The highest BCUT2D eigenvalue weighted by Gasteiger charge is 2.28. The molecule has 1 aromatic carbocycles. The Hall–Kier alpha value is -1.75. The van der Waals surface area contributed by atoms with Crippen LogP contribution in [0.25, 0.3) is 0 Å². The highest BCUT2D eigenvalue weighted by molar-refractivity contribution is 5.97. The van der Waals surface area contributed by atoms with Crippen LogP contribution < -0.4 is 9.47 Å².